The van der Waals surface area contributed by atoms with E-state index in [9.17, 15) is 0 Å². The monoisotopic (exact) mass is 1460 g/mol. The summed E-state index contributed by atoms with van der Waals surface area (Å²) >= 11 is 1.85. The van der Waals surface area contributed by atoms with Crippen molar-refractivity contribution < 1.29 is 0 Å². The van der Waals surface area contributed by atoms with E-state index in [1.807, 2.05) is 96.3 Å². The highest BCUT2D eigenvalue weighted by Crippen LogP contribution is 2.44. The van der Waals surface area contributed by atoms with Crippen LogP contribution >= 0.6 is 11.3 Å². The van der Waals surface area contributed by atoms with Crippen molar-refractivity contribution in [2.45, 2.75) is 0 Å². The van der Waals surface area contributed by atoms with Crippen molar-refractivity contribution >= 4 is 119 Å². The van der Waals surface area contributed by atoms with Gasteiger partial charge in [0, 0.05) is 99.4 Å². The lowest BCUT2D eigenvalue weighted by Gasteiger charge is -2.11. The standard InChI is InChI=1S/C50H30N6S.C50H32N6/c1-4-16-44-34(11-1)37-27-31(19-22-46(37)55(44)33-21-24-49-39(29-33)36-13-3-6-18-48(36)57-49)32-20-23-47-38(28-32)35-12-2-5-17-45(35)56(47)50-53-42(40-14-7-9-25-51-40)30-43(54-50)41-15-8-10-26-52-41;1-2-13-33(14-3-1)34-15-12-16-37(29-34)55-46-21-6-4-17-38(46)40-30-35(23-25-48(40)55)36-24-26-49-41(31-36)39-18-5-7-22-47(39)56(49)50-53-44(42-19-8-10-27-51-42)32-45(54-50)43-20-9-11-28-52-43/h1-30H;1-32H. The zero-order chi connectivity index (χ0) is 74.5. The van der Waals surface area contributed by atoms with Gasteiger partial charge in [0.1, 0.15) is 0 Å². The molecule has 0 unspecified atom stereocenters. The van der Waals surface area contributed by atoms with Crippen LogP contribution in [0, 0.1) is 0 Å². The minimum atomic E-state index is 0.568. The van der Waals surface area contributed by atoms with Crippen molar-refractivity contribution in [1.29, 1.82) is 0 Å². The van der Waals surface area contributed by atoms with Gasteiger partial charge in [-0.2, -0.15) is 0 Å². The Bertz CT molecular complexity index is 7560. The first-order valence-electron chi connectivity index (χ1n) is 37.7. The first kappa shape index (κ1) is 64.9. The molecule has 0 N–H and O–H groups in total. The lowest BCUT2D eigenvalue weighted by molar-refractivity contribution is 0.988. The Kier molecular flexibility index (Phi) is 15.5. The van der Waals surface area contributed by atoms with E-state index >= 15 is 0 Å². The topological polar surface area (TPSA) is 123 Å². The molecule has 0 atom stereocenters. The van der Waals surface area contributed by atoms with E-state index in [1.165, 1.54) is 80.6 Å². The Hall–Kier alpha value is -15.2. The fourth-order valence-electron chi connectivity index (χ4n) is 16.6. The maximum atomic E-state index is 5.13. The number of para-hydroxylation sites is 4. The highest BCUT2D eigenvalue weighted by atomic mass is 32.1. The Morgan fingerprint density at radius 1 is 0.177 bits per heavy atom. The fraction of sp³-hybridized carbons (Fsp3) is 0. The van der Waals surface area contributed by atoms with Gasteiger partial charge in [-0.05, 0) is 203 Å². The molecule has 12 aromatic carbocycles. The van der Waals surface area contributed by atoms with E-state index in [0.717, 1.165) is 117 Å². The minimum Gasteiger partial charge on any atom is -0.309 e. The van der Waals surface area contributed by atoms with E-state index in [-0.39, 0.29) is 0 Å². The summed E-state index contributed by atoms with van der Waals surface area (Å²) in [4.78, 5) is 39.0. The Labute approximate surface area is 651 Å². The molecule has 0 aliphatic rings. The van der Waals surface area contributed by atoms with Gasteiger partial charge in [0.25, 0.3) is 0 Å². The van der Waals surface area contributed by atoms with Crippen molar-refractivity contribution in [2.75, 3.05) is 0 Å². The van der Waals surface area contributed by atoms with Gasteiger partial charge in [0.2, 0.25) is 11.9 Å². The van der Waals surface area contributed by atoms with Crippen molar-refractivity contribution in [1.82, 2.24) is 58.1 Å². The van der Waals surface area contributed by atoms with Crippen LogP contribution in [0.5, 0.6) is 0 Å². The Morgan fingerprint density at radius 2 is 0.496 bits per heavy atom. The van der Waals surface area contributed by atoms with Crippen LogP contribution in [0.3, 0.4) is 0 Å². The van der Waals surface area contributed by atoms with Gasteiger partial charge in [-0.15, -0.1) is 11.3 Å². The molecule has 0 fully saturated rings. The van der Waals surface area contributed by atoms with Gasteiger partial charge in [-0.3, -0.25) is 29.1 Å². The molecule has 0 radical (unpaired) electrons. The van der Waals surface area contributed by atoms with Gasteiger partial charge < -0.3 is 9.13 Å². The van der Waals surface area contributed by atoms with Crippen LogP contribution in [0.1, 0.15) is 0 Å². The number of nitrogens with zero attached hydrogens (tertiary/aromatic N) is 12. The van der Waals surface area contributed by atoms with Gasteiger partial charge >= 0.3 is 0 Å². The third-order valence-corrected chi connectivity index (χ3v) is 22.9. The predicted octanol–water partition coefficient (Wildman–Crippen LogP) is 25.0. The average Bonchev–Trinajstić information content (AvgIpc) is 1.59. The molecule has 12 nitrogen and oxygen atoms in total. The van der Waals surface area contributed by atoms with E-state index in [4.69, 9.17) is 19.9 Å². The van der Waals surface area contributed by atoms with Crippen LogP contribution in [0.2, 0.25) is 0 Å². The van der Waals surface area contributed by atoms with E-state index in [2.05, 4.69) is 305 Å². The third kappa shape index (κ3) is 11.2. The lowest BCUT2D eigenvalue weighted by atomic mass is 10.0. The molecule has 13 heteroatoms. The highest BCUT2D eigenvalue weighted by Gasteiger charge is 2.24. The normalized spacial score (nSPS) is 11.7. The molecule has 11 heterocycles. The first-order chi connectivity index (χ1) is 56.0. The third-order valence-electron chi connectivity index (χ3n) is 21.7. The number of hydrogen-bond acceptors (Lipinski definition) is 9. The van der Waals surface area contributed by atoms with Gasteiger partial charge in [0.05, 0.1) is 89.7 Å². The summed E-state index contributed by atoms with van der Waals surface area (Å²) < 4.78 is 11.7. The van der Waals surface area contributed by atoms with E-state index in [1.54, 1.807) is 24.8 Å². The van der Waals surface area contributed by atoms with Crippen LogP contribution in [0.25, 0.3) is 210 Å². The Morgan fingerprint density at radius 3 is 0.903 bits per heavy atom. The molecule has 23 aromatic rings. The summed E-state index contributed by atoms with van der Waals surface area (Å²) in [7, 11) is 0. The molecule has 0 saturated heterocycles. The number of fused-ring (bicyclic) bond motifs is 15. The second kappa shape index (κ2) is 26.9. The molecule has 23 rings (SSSR count). The van der Waals surface area contributed by atoms with Gasteiger partial charge in [0.15, 0.2) is 0 Å². The first-order valence-corrected chi connectivity index (χ1v) is 38.5. The highest BCUT2D eigenvalue weighted by molar-refractivity contribution is 7.25. The molecular weight excluding hydrogens is 1400 g/mol. The molecule has 113 heavy (non-hydrogen) atoms. The van der Waals surface area contributed by atoms with Crippen molar-refractivity contribution in [3.05, 3.63) is 377 Å². The average molecular weight is 1460 g/mol. The molecule has 0 spiro atoms. The zero-order valence-corrected chi connectivity index (χ0v) is 61.4. The number of aromatic nitrogens is 12. The molecule has 0 aliphatic carbocycles. The smallest absolute Gasteiger partial charge is 0.235 e. The minimum absolute atomic E-state index is 0.568. The molecule has 0 bridgehead atoms. The van der Waals surface area contributed by atoms with Crippen LogP contribution in [-0.2, 0) is 0 Å². The van der Waals surface area contributed by atoms with Crippen molar-refractivity contribution in [2.24, 2.45) is 0 Å². The van der Waals surface area contributed by atoms with Gasteiger partial charge in [-0.1, -0.05) is 182 Å². The molecule has 528 valence electrons. The predicted molar refractivity (Wildman–Crippen MR) is 464 cm³/mol. The second-order valence-corrected chi connectivity index (χ2v) is 29.4. The van der Waals surface area contributed by atoms with Gasteiger partial charge in [-0.25, -0.2) is 19.9 Å². The number of thiophene rings is 1. The summed E-state index contributed by atoms with van der Waals surface area (Å²) in [5.74, 6) is 1.14. The van der Waals surface area contributed by atoms with Crippen LogP contribution < -0.4 is 0 Å². The Balaban J connectivity index is 0.000000138. The largest absolute Gasteiger partial charge is 0.309 e. The second-order valence-electron chi connectivity index (χ2n) is 28.3. The van der Waals surface area contributed by atoms with Crippen LogP contribution in [0.15, 0.2) is 377 Å². The number of hydrogen-bond donors (Lipinski definition) is 0. The molecule has 11 aromatic heterocycles. The molecule has 0 saturated carbocycles. The van der Waals surface area contributed by atoms with E-state index in [0.29, 0.717) is 11.9 Å². The van der Waals surface area contributed by atoms with E-state index < -0.39 is 0 Å². The number of pyridine rings is 4. The maximum Gasteiger partial charge on any atom is 0.235 e. The molecule has 0 amide bonds. The number of rotatable bonds is 11. The summed E-state index contributed by atoms with van der Waals surface area (Å²) in [6, 6.07) is 124. The molecule has 0 aliphatic heterocycles. The maximum absolute atomic E-state index is 5.13. The van der Waals surface area contributed by atoms with Crippen LogP contribution in [0.4, 0.5) is 0 Å². The zero-order valence-electron chi connectivity index (χ0n) is 60.6. The van der Waals surface area contributed by atoms with Crippen LogP contribution in [-0.4, -0.2) is 58.1 Å². The molecular formula is C100H62N12S. The summed E-state index contributed by atoms with van der Waals surface area (Å²) in [6.45, 7) is 0. The summed E-state index contributed by atoms with van der Waals surface area (Å²) in [6.07, 6.45) is 7.16. The number of benzene rings is 12. The van der Waals surface area contributed by atoms with Crippen molar-refractivity contribution in [3.8, 4) is 102 Å². The lowest BCUT2D eigenvalue weighted by Crippen LogP contribution is -2.04. The summed E-state index contributed by atoms with van der Waals surface area (Å²) in [5.41, 5.74) is 24.2. The quantitative estimate of drug-likeness (QED) is 0.125. The fourth-order valence-corrected chi connectivity index (χ4v) is 17.6. The summed E-state index contributed by atoms with van der Waals surface area (Å²) in [5, 5.41) is 12.0. The SMILES string of the molecule is c1ccc(-c2cc(-c3ccccn3)nc(-n3c4ccccc4c4cc(-c5ccc6c(c5)c5ccccc5n6-c5ccc6sc7ccccc7c6c5)ccc43)n2)nc1.c1ccc(-c2cccc(-n3c4ccccc4c4cc(-c5ccc6c(c5)c5ccccc5n6-c5nc(-c6ccccn6)cc(-c6ccccn6)n5)ccc43)c2)cc1. The van der Waals surface area contributed by atoms with Crippen molar-refractivity contribution in [3.63, 3.8) is 0 Å².